The zero-order valence-corrected chi connectivity index (χ0v) is 12.8. The number of carbonyl (C=O) groups excluding carboxylic acids is 3. The van der Waals surface area contributed by atoms with E-state index < -0.39 is 5.97 Å². The summed E-state index contributed by atoms with van der Waals surface area (Å²) in [5.41, 5.74) is 0.0485. The van der Waals surface area contributed by atoms with E-state index in [0.29, 0.717) is 32.8 Å². The number of ether oxygens (including phenoxy) is 2. The minimum absolute atomic E-state index is 0.0485. The zero-order chi connectivity index (χ0) is 16.7. The Morgan fingerprint density at radius 1 is 1.09 bits per heavy atom. The predicted octanol–water partition coefficient (Wildman–Crippen LogP) is -0.0659. The van der Waals surface area contributed by atoms with Gasteiger partial charge in [0.15, 0.2) is 12.3 Å². The van der Waals surface area contributed by atoms with Crippen molar-refractivity contribution in [2.45, 2.75) is 6.92 Å². The molecule has 23 heavy (non-hydrogen) atoms. The molecule has 2 rings (SSSR count). The van der Waals surface area contributed by atoms with Gasteiger partial charge in [0.1, 0.15) is 0 Å². The molecule has 1 aliphatic rings. The standard InChI is InChI=1S/C14H18N4O5/c1-2-22-14(21)18-7-5-17(6-8-18)12(19)10-23-13(20)11-9-15-3-4-16-11/h3-4,9H,2,5-8,10H2,1H3. The van der Waals surface area contributed by atoms with Crippen molar-refractivity contribution in [1.29, 1.82) is 0 Å². The van der Waals surface area contributed by atoms with Gasteiger partial charge in [-0.2, -0.15) is 0 Å². The second kappa shape index (κ2) is 8.06. The molecule has 9 nitrogen and oxygen atoms in total. The van der Waals surface area contributed by atoms with Crippen molar-refractivity contribution >= 4 is 18.0 Å². The maximum Gasteiger partial charge on any atom is 0.409 e. The fraction of sp³-hybridized carbons (Fsp3) is 0.500. The summed E-state index contributed by atoms with van der Waals surface area (Å²) in [5, 5.41) is 0. The van der Waals surface area contributed by atoms with E-state index in [9.17, 15) is 14.4 Å². The summed E-state index contributed by atoms with van der Waals surface area (Å²) in [4.78, 5) is 45.9. The number of esters is 1. The van der Waals surface area contributed by atoms with Crippen LogP contribution < -0.4 is 0 Å². The van der Waals surface area contributed by atoms with E-state index in [4.69, 9.17) is 9.47 Å². The Kier molecular flexibility index (Phi) is 5.84. The largest absolute Gasteiger partial charge is 0.451 e. The van der Waals surface area contributed by atoms with Crippen LogP contribution in [-0.2, 0) is 14.3 Å². The predicted molar refractivity (Wildman–Crippen MR) is 77.5 cm³/mol. The van der Waals surface area contributed by atoms with Crippen LogP contribution in [0.4, 0.5) is 4.79 Å². The molecule has 0 bridgehead atoms. The number of hydrogen-bond donors (Lipinski definition) is 0. The van der Waals surface area contributed by atoms with E-state index in [-0.39, 0.29) is 24.3 Å². The van der Waals surface area contributed by atoms with Gasteiger partial charge in [-0.15, -0.1) is 0 Å². The highest BCUT2D eigenvalue weighted by molar-refractivity contribution is 5.89. The number of hydrogen-bond acceptors (Lipinski definition) is 7. The Morgan fingerprint density at radius 2 is 1.78 bits per heavy atom. The first kappa shape index (κ1) is 16.7. The van der Waals surface area contributed by atoms with Crippen LogP contribution in [0.3, 0.4) is 0 Å². The topological polar surface area (TPSA) is 102 Å². The number of carbonyl (C=O) groups is 3. The van der Waals surface area contributed by atoms with E-state index in [2.05, 4.69) is 9.97 Å². The van der Waals surface area contributed by atoms with Crippen molar-refractivity contribution in [3.05, 3.63) is 24.3 Å². The lowest BCUT2D eigenvalue weighted by atomic mass is 10.3. The first-order chi connectivity index (χ1) is 11.1. The second-order valence-corrected chi connectivity index (χ2v) is 4.73. The highest BCUT2D eigenvalue weighted by atomic mass is 16.6. The molecule has 0 aromatic carbocycles. The summed E-state index contributed by atoms with van der Waals surface area (Å²) in [6.45, 7) is 3.22. The zero-order valence-electron chi connectivity index (χ0n) is 12.8. The molecular formula is C14H18N4O5. The normalized spacial score (nSPS) is 14.3. The van der Waals surface area contributed by atoms with Gasteiger partial charge in [0.05, 0.1) is 12.8 Å². The van der Waals surface area contributed by atoms with Crippen LogP contribution in [0.5, 0.6) is 0 Å². The molecule has 1 saturated heterocycles. The van der Waals surface area contributed by atoms with E-state index in [0.717, 1.165) is 0 Å². The maximum absolute atomic E-state index is 12.0. The quantitative estimate of drug-likeness (QED) is 0.715. The molecule has 0 unspecified atom stereocenters. The van der Waals surface area contributed by atoms with E-state index in [1.54, 1.807) is 16.7 Å². The van der Waals surface area contributed by atoms with Crippen LogP contribution in [0.15, 0.2) is 18.6 Å². The molecule has 2 heterocycles. The average Bonchev–Trinajstić information content (AvgIpc) is 2.60. The van der Waals surface area contributed by atoms with Gasteiger partial charge in [0.25, 0.3) is 5.91 Å². The molecular weight excluding hydrogens is 304 g/mol. The molecule has 2 amide bonds. The maximum atomic E-state index is 12.0. The third-order valence-corrected chi connectivity index (χ3v) is 3.26. The van der Waals surface area contributed by atoms with E-state index >= 15 is 0 Å². The van der Waals surface area contributed by atoms with E-state index in [1.165, 1.54) is 18.6 Å². The molecule has 1 fully saturated rings. The van der Waals surface area contributed by atoms with Gasteiger partial charge < -0.3 is 19.3 Å². The lowest BCUT2D eigenvalue weighted by molar-refractivity contribution is -0.136. The SMILES string of the molecule is CCOC(=O)N1CCN(C(=O)COC(=O)c2cnccn2)CC1. The van der Waals surface area contributed by atoms with Gasteiger partial charge in [0.2, 0.25) is 0 Å². The molecule has 0 saturated carbocycles. The third kappa shape index (κ3) is 4.63. The van der Waals surface area contributed by atoms with Gasteiger partial charge in [-0.05, 0) is 6.92 Å². The fourth-order valence-electron chi connectivity index (χ4n) is 2.05. The Hall–Kier alpha value is -2.71. The number of aromatic nitrogens is 2. The number of nitrogens with zero attached hydrogens (tertiary/aromatic N) is 4. The van der Waals surface area contributed by atoms with Crippen LogP contribution in [-0.4, -0.2) is 77.1 Å². The van der Waals surface area contributed by atoms with Crippen LogP contribution in [0.2, 0.25) is 0 Å². The molecule has 0 atom stereocenters. The highest BCUT2D eigenvalue weighted by Crippen LogP contribution is 2.05. The molecule has 9 heteroatoms. The second-order valence-electron chi connectivity index (χ2n) is 4.73. The lowest BCUT2D eigenvalue weighted by Crippen LogP contribution is -2.51. The summed E-state index contributed by atoms with van der Waals surface area (Å²) in [6.07, 6.45) is 3.69. The smallest absolute Gasteiger partial charge is 0.409 e. The monoisotopic (exact) mass is 322 g/mol. The van der Waals surface area contributed by atoms with Crippen molar-refractivity contribution in [1.82, 2.24) is 19.8 Å². The number of rotatable bonds is 4. The molecule has 1 aliphatic heterocycles. The Bertz CT molecular complexity index is 558. The van der Waals surface area contributed by atoms with Crippen molar-refractivity contribution in [3.63, 3.8) is 0 Å². The molecule has 0 N–H and O–H groups in total. The summed E-state index contributed by atoms with van der Waals surface area (Å²) in [6, 6.07) is 0. The average molecular weight is 322 g/mol. The first-order valence-electron chi connectivity index (χ1n) is 7.24. The van der Waals surface area contributed by atoms with Crippen LogP contribution in [0.25, 0.3) is 0 Å². The Labute approximate surface area is 133 Å². The van der Waals surface area contributed by atoms with Gasteiger partial charge in [0, 0.05) is 38.6 Å². The summed E-state index contributed by atoms with van der Waals surface area (Å²) >= 11 is 0. The summed E-state index contributed by atoms with van der Waals surface area (Å²) in [7, 11) is 0. The molecule has 1 aromatic rings. The number of amides is 2. The van der Waals surface area contributed by atoms with Crippen molar-refractivity contribution < 1.29 is 23.9 Å². The third-order valence-electron chi connectivity index (χ3n) is 3.26. The Morgan fingerprint density at radius 3 is 2.39 bits per heavy atom. The molecule has 0 aliphatic carbocycles. The molecule has 1 aromatic heterocycles. The first-order valence-corrected chi connectivity index (χ1v) is 7.24. The fourth-order valence-corrected chi connectivity index (χ4v) is 2.05. The minimum atomic E-state index is -0.698. The number of piperazine rings is 1. The highest BCUT2D eigenvalue weighted by Gasteiger charge is 2.25. The lowest BCUT2D eigenvalue weighted by Gasteiger charge is -2.33. The van der Waals surface area contributed by atoms with Crippen molar-refractivity contribution in [2.75, 3.05) is 39.4 Å². The van der Waals surface area contributed by atoms with E-state index in [1.807, 2.05) is 0 Å². The van der Waals surface area contributed by atoms with Crippen molar-refractivity contribution in [3.8, 4) is 0 Å². The summed E-state index contributed by atoms with van der Waals surface area (Å²) in [5.74, 6) is -1.01. The van der Waals surface area contributed by atoms with Crippen LogP contribution in [0, 0.1) is 0 Å². The van der Waals surface area contributed by atoms with Crippen LogP contribution in [0.1, 0.15) is 17.4 Å². The summed E-state index contributed by atoms with van der Waals surface area (Å²) < 4.78 is 9.82. The molecule has 0 radical (unpaired) electrons. The Balaban J connectivity index is 1.75. The molecule has 0 spiro atoms. The van der Waals surface area contributed by atoms with Gasteiger partial charge in [-0.25, -0.2) is 14.6 Å². The molecule has 124 valence electrons. The van der Waals surface area contributed by atoms with Gasteiger partial charge >= 0.3 is 12.1 Å². The van der Waals surface area contributed by atoms with Gasteiger partial charge in [-0.3, -0.25) is 9.78 Å². The van der Waals surface area contributed by atoms with Gasteiger partial charge in [-0.1, -0.05) is 0 Å². The minimum Gasteiger partial charge on any atom is -0.451 e. The van der Waals surface area contributed by atoms with Crippen LogP contribution >= 0.6 is 0 Å². The van der Waals surface area contributed by atoms with Crippen molar-refractivity contribution in [2.24, 2.45) is 0 Å².